The highest BCUT2D eigenvalue weighted by Gasteiger charge is 2.22. The number of ether oxygens (including phenoxy) is 2. The van der Waals surface area contributed by atoms with Crippen LogP contribution in [0.15, 0.2) is 0 Å². The number of hydrogen-bond donors (Lipinski definition) is 1. The van der Waals surface area contributed by atoms with Gasteiger partial charge in [0.2, 0.25) is 0 Å². The van der Waals surface area contributed by atoms with Gasteiger partial charge in [-0.3, -0.25) is 0 Å². The zero-order chi connectivity index (χ0) is 11.7. The maximum absolute atomic E-state index is 9.24. The standard InChI is InChI=1S/C12H26O3/c1-12(2,3)11(10-13)6-5-7-15-9-8-14-4/h11,13H,5-10H2,1-4H3. The molecule has 1 atom stereocenters. The van der Waals surface area contributed by atoms with Crippen LogP contribution in [0.4, 0.5) is 0 Å². The Morgan fingerprint density at radius 2 is 1.80 bits per heavy atom. The molecule has 0 radical (unpaired) electrons. The van der Waals surface area contributed by atoms with Crippen LogP contribution < -0.4 is 0 Å². The number of aliphatic hydroxyl groups excluding tert-OH is 1. The van der Waals surface area contributed by atoms with Crippen LogP contribution in [-0.2, 0) is 9.47 Å². The van der Waals surface area contributed by atoms with Gasteiger partial charge in [-0.1, -0.05) is 20.8 Å². The average molecular weight is 218 g/mol. The van der Waals surface area contributed by atoms with Crippen molar-refractivity contribution < 1.29 is 14.6 Å². The Morgan fingerprint density at radius 1 is 1.13 bits per heavy atom. The van der Waals surface area contributed by atoms with Crippen molar-refractivity contribution in [3.8, 4) is 0 Å². The van der Waals surface area contributed by atoms with E-state index in [0.717, 1.165) is 19.4 Å². The molecule has 0 bridgehead atoms. The van der Waals surface area contributed by atoms with E-state index in [1.807, 2.05) is 0 Å². The summed E-state index contributed by atoms with van der Waals surface area (Å²) in [5, 5.41) is 9.24. The molecule has 0 aliphatic carbocycles. The Kier molecular flexibility index (Phi) is 8.02. The molecule has 0 saturated carbocycles. The predicted octanol–water partition coefficient (Wildman–Crippen LogP) is 2.08. The Hall–Kier alpha value is -0.120. The van der Waals surface area contributed by atoms with Gasteiger partial charge in [0.05, 0.1) is 13.2 Å². The van der Waals surface area contributed by atoms with Gasteiger partial charge in [-0.2, -0.15) is 0 Å². The summed E-state index contributed by atoms with van der Waals surface area (Å²) in [6.07, 6.45) is 2.03. The second kappa shape index (κ2) is 8.08. The van der Waals surface area contributed by atoms with Crippen LogP contribution in [0.2, 0.25) is 0 Å². The van der Waals surface area contributed by atoms with Gasteiger partial charge in [0.1, 0.15) is 0 Å². The highest BCUT2D eigenvalue weighted by atomic mass is 16.5. The van der Waals surface area contributed by atoms with Gasteiger partial charge in [0, 0.05) is 20.3 Å². The van der Waals surface area contributed by atoms with E-state index in [0.29, 0.717) is 19.1 Å². The molecule has 0 heterocycles. The maximum atomic E-state index is 9.24. The molecule has 0 aliphatic rings. The maximum Gasteiger partial charge on any atom is 0.0700 e. The Labute approximate surface area is 93.8 Å². The van der Waals surface area contributed by atoms with E-state index in [1.165, 1.54) is 0 Å². The third-order valence-corrected chi connectivity index (χ3v) is 2.72. The summed E-state index contributed by atoms with van der Waals surface area (Å²) < 4.78 is 10.3. The highest BCUT2D eigenvalue weighted by molar-refractivity contribution is 4.72. The topological polar surface area (TPSA) is 38.7 Å². The third-order valence-electron chi connectivity index (χ3n) is 2.72. The molecule has 0 spiro atoms. The summed E-state index contributed by atoms with van der Waals surface area (Å²) in [6, 6.07) is 0. The van der Waals surface area contributed by atoms with Gasteiger partial charge in [-0.05, 0) is 24.2 Å². The van der Waals surface area contributed by atoms with Gasteiger partial charge in [0.25, 0.3) is 0 Å². The fraction of sp³-hybridized carbons (Fsp3) is 1.00. The fourth-order valence-electron chi connectivity index (χ4n) is 1.47. The Bertz CT molecular complexity index is 140. The lowest BCUT2D eigenvalue weighted by Gasteiger charge is -2.29. The summed E-state index contributed by atoms with van der Waals surface area (Å²) in [4.78, 5) is 0. The van der Waals surface area contributed by atoms with E-state index in [1.54, 1.807) is 7.11 Å². The minimum atomic E-state index is 0.182. The fourth-order valence-corrected chi connectivity index (χ4v) is 1.47. The minimum Gasteiger partial charge on any atom is -0.396 e. The molecule has 3 nitrogen and oxygen atoms in total. The van der Waals surface area contributed by atoms with Crippen molar-refractivity contribution in [3.63, 3.8) is 0 Å². The van der Waals surface area contributed by atoms with E-state index in [4.69, 9.17) is 9.47 Å². The predicted molar refractivity (Wildman–Crippen MR) is 62.0 cm³/mol. The van der Waals surface area contributed by atoms with E-state index < -0.39 is 0 Å². The van der Waals surface area contributed by atoms with E-state index >= 15 is 0 Å². The van der Waals surface area contributed by atoms with Crippen LogP contribution in [0.5, 0.6) is 0 Å². The van der Waals surface area contributed by atoms with Crippen molar-refractivity contribution in [2.45, 2.75) is 33.6 Å². The van der Waals surface area contributed by atoms with E-state index in [9.17, 15) is 5.11 Å². The molecule has 92 valence electrons. The summed E-state index contributed by atoms with van der Waals surface area (Å²) in [6.45, 7) is 8.84. The van der Waals surface area contributed by atoms with Gasteiger partial charge in [-0.15, -0.1) is 0 Å². The van der Waals surface area contributed by atoms with Crippen LogP contribution in [-0.4, -0.2) is 38.6 Å². The molecule has 0 aromatic heterocycles. The van der Waals surface area contributed by atoms with Crippen molar-refractivity contribution in [1.29, 1.82) is 0 Å². The molecule has 0 amide bonds. The first-order valence-corrected chi connectivity index (χ1v) is 5.70. The molecule has 0 aromatic rings. The first kappa shape index (κ1) is 14.9. The second-order valence-corrected chi connectivity index (χ2v) is 4.99. The molecule has 0 rings (SSSR count). The molecule has 1 unspecified atom stereocenters. The first-order chi connectivity index (χ1) is 7.02. The van der Waals surface area contributed by atoms with Crippen LogP contribution in [0.25, 0.3) is 0 Å². The third kappa shape index (κ3) is 7.77. The minimum absolute atomic E-state index is 0.182. The SMILES string of the molecule is COCCOCCCC(CO)C(C)(C)C. The van der Waals surface area contributed by atoms with Gasteiger partial charge < -0.3 is 14.6 Å². The zero-order valence-electron chi connectivity index (χ0n) is 10.6. The lowest BCUT2D eigenvalue weighted by molar-refractivity contribution is 0.0587. The van der Waals surface area contributed by atoms with Gasteiger partial charge in [-0.25, -0.2) is 0 Å². The quantitative estimate of drug-likeness (QED) is 0.634. The molecule has 0 saturated heterocycles. The molecule has 0 aromatic carbocycles. The Balaban J connectivity index is 3.48. The van der Waals surface area contributed by atoms with Crippen LogP contribution in [0, 0.1) is 11.3 Å². The number of aliphatic hydroxyl groups is 1. The summed E-state index contributed by atoms with van der Waals surface area (Å²) >= 11 is 0. The van der Waals surface area contributed by atoms with Crippen molar-refractivity contribution in [2.24, 2.45) is 11.3 Å². The van der Waals surface area contributed by atoms with Crippen molar-refractivity contribution >= 4 is 0 Å². The molecule has 0 fully saturated rings. The molecule has 0 aliphatic heterocycles. The van der Waals surface area contributed by atoms with Crippen LogP contribution in [0.3, 0.4) is 0 Å². The normalized spacial score (nSPS) is 14.2. The summed E-state index contributed by atoms with van der Waals surface area (Å²) in [5.41, 5.74) is 0.182. The largest absolute Gasteiger partial charge is 0.396 e. The molecule has 3 heteroatoms. The lowest BCUT2D eigenvalue weighted by Crippen LogP contribution is -2.24. The Morgan fingerprint density at radius 3 is 2.27 bits per heavy atom. The van der Waals surface area contributed by atoms with Gasteiger partial charge in [0.15, 0.2) is 0 Å². The molecule has 15 heavy (non-hydrogen) atoms. The number of rotatable bonds is 8. The second-order valence-electron chi connectivity index (χ2n) is 4.99. The van der Waals surface area contributed by atoms with Crippen molar-refractivity contribution in [2.75, 3.05) is 33.5 Å². The van der Waals surface area contributed by atoms with E-state index in [2.05, 4.69) is 20.8 Å². The van der Waals surface area contributed by atoms with Gasteiger partial charge >= 0.3 is 0 Å². The lowest BCUT2D eigenvalue weighted by atomic mass is 9.79. The van der Waals surface area contributed by atoms with Crippen LogP contribution >= 0.6 is 0 Å². The zero-order valence-corrected chi connectivity index (χ0v) is 10.6. The average Bonchev–Trinajstić information content (AvgIpc) is 2.15. The van der Waals surface area contributed by atoms with Crippen LogP contribution in [0.1, 0.15) is 33.6 Å². The van der Waals surface area contributed by atoms with E-state index in [-0.39, 0.29) is 12.0 Å². The van der Waals surface area contributed by atoms with Crippen molar-refractivity contribution in [3.05, 3.63) is 0 Å². The smallest absolute Gasteiger partial charge is 0.0700 e. The number of methoxy groups -OCH3 is 1. The summed E-state index contributed by atoms with van der Waals surface area (Å²) in [5.74, 6) is 0.364. The number of hydrogen-bond acceptors (Lipinski definition) is 3. The van der Waals surface area contributed by atoms with Crippen molar-refractivity contribution in [1.82, 2.24) is 0 Å². The highest BCUT2D eigenvalue weighted by Crippen LogP contribution is 2.28. The monoisotopic (exact) mass is 218 g/mol. The molecular weight excluding hydrogens is 192 g/mol. The molecular formula is C12H26O3. The summed E-state index contributed by atoms with van der Waals surface area (Å²) in [7, 11) is 1.67. The molecule has 1 N–H and O–H groups in total. The first-order valence-electron chi connectivity index (χ1n) is 5.70.